The molecule has 0 heterocycles. The molecular formula is C31H20F10. The molecule has 0 N–H and O–H groups in total. The molecule has 0 spiro atoms. The van der Waals surface area contributed by atoms with Crippen molar-refractivity contribution in [1.82, 2.24) is 0 Å². The molecule has 0 unspecified atom stereocenters. The van der Waals surface area contributed by atoms with Gasteiger partial charge in [-0.3, -0.25) is 0 Å². The molecule has 0 amide bonds. The van der Waals surface area contributed by atoms with Crippen LogP contribution < -0.4 is 0 Å². The number of benzene rings is 4. The Hall–Kier alpha value is -4.08. The fourth-order valence-electron chi connectivity index (χ4n) is 4.38. The van der Waals surface area contributed by atoms with Crippen LogP contribution in [0.2, 0.25) is 0 Å². The van der Waals surface area contributed by atoms with Crippen LogP contribution in [0.25, 0.3) is 28.1 Å². The second kappa shape index (κ2) is 12.2. The van der Waals surface area contributed by atoms with Crippen molar-refractivity contribution >= 4 is 5.83 Å². The maximum Gasteiger partial charge on any atom is 0.194 e. The summed E-state index contributed by atoms with van der Waals surface area (Å²) >= 11 is 0. The lowest BCUT2D eigenvalue weighted by molar-refractivity contribution is 0.447. The van der Waals surface area contributed by atoms with E-state index < -0.39 is 74.9 Å². The number of rotatable bonds is 8. The maximum atomic E-state index is 14.9. The number of hydrogen-bond donors (Lipinski definition) is 0. The van der Waals surface area contributed by atoms with Gasteiger partial charge in [-0.15, -0.1) is 0 Å². The van der Waals surface area contributed by atoms with E-state index in [1.165, 1.54) is 0 Å². The fraction of sp³-hybridized carbons (Fsp3) is 0.161. The highest BCUT2D eigenvalue weighted by Crippen LogP contribution is 2.33. The Morgan fingerprint density at radius 2 is 1.15 bits per heavy atom. The van der Waals surface area contributed by atoms with Crippen molar-refractivity contribution in [2.24, 2.45) is 0 Å². The molecule has 0 atom stereocenters. The molecule has 0 aliphatic rings. The third-order valence-corrected chi connectivity index (χ3v) is 6.42. The number of hydrogen-bond acceptors (Lipinski definition) is 0. The molecule has 0 aliphatic carbocycles. The van der Waals surface area contributed by atoms with Gasteiger partial charge in [0.15, 0.2) is 23.3 Å². The van der Waals surface area contributed by atoms with Crippen molar-refractivity contribution in [1.29, 1.82) is 0 Å². The highest BCUT2D eigenvalue weighted by atomic mass is 19.2. The molecule has 4 aromatic rings. The summed E-state index contributed by atoms with van der Waals surface area (Å²) in [4.78, 5) is 0. The van der Waals surface area contributed by atoms with E-state index in [-0.39, 0.29) is 41.5 Å². The van der Waals surface area contributed by atoms with Gasteiger partial charge in [0, 0.05) is 23.1 Å². The van der Waals surface area contributed by atoms with Crippen LogP contribution >= 0.6 is 0 Å². The van der Waals surface area contributed by atoms with E-state index in [1.54, 1.807) is 6.92 Å². The standard InChI is InChI=1S/C31H20F10/c1-2-3-21(32)30(40)16-5-7-19(22(33)10-16)17-11-23(34)20(24(35)12-17)6-4-15-8-25(36)29(26(37)9-15)18-13-27(38)31(41)28(39)14-18/h5,7-14H,2-4,6H2,1H3. The molecular weight excluding hydrogens is 562 g/mol. The Morgan fingerprint density at radius 1 is 0.585 bits per heavy atom. The van der Waals surface area contributed by atoms with E-state index in [0.29, 0.717) is 24.6 Å². The fourth-order valence-corrected chi connectivity index (χ4v) is 4.38. The summed E-state index contributed by atoms with van der Waals surface area (Å²) in [7, 11) is 0. The van der Waals surface area contributed by atoms with E-state index >= 15 is 0 Å². The van der Waals surface area contributed by atoms with Crippen LogP contribution in [0.15, 0.2) is 60.4 Å². The summed E-state index contributed by atoms with van der Waals surface area (Å²) in [5, 5.41) is 0. The molecule has 0 fully saturated rings. The lowest BCUT2D eigenvalue weighted by Gasteiger charge is -2.12. The lowest BCUT2D eigenvalue weighted by atomic mass is 9.96. The van der Waals surface area contributed by atoms with Gasteiger partial charge in [-0.1, -0.05) is 19.1 Å². The first kappa shape index (κ1) is 29.9. The topological polar surface area (TPSA) is 0 Å². The molecule has 4 aromatic carbocycles. The molecule has 0 aromatic heterocycles. The zero-order valence-electron chi connectivity index (χ0n) is 21.3. The van der Waals surface area contributed by atoms with Crippen molar-refractivity contribution in [3.8, 4) is 22.3 Å². The third kappa shape index (κ3) is 6.31. The Balaban J connectivity index is 1.56. The van der Waals surface area contributed by atoms with Gasteiger partial charge in [0.2, 0.25) is 0 Å². The van der Waals surface area contributed by atoms with Crippen LogP contribution in [-0.2, 0) is 12.8 Å². The molecule has 0 nitrogen and oxygen atoms in total. The van der Waals surface area contributed by atoms with Crippen LogP contribution in [0, 0.1) is 46.5 Å². The molecule has 10 heteroatoms. The Bertz CT molecular complexity index is 1590. The van der Waals surface area contributed by atoms with Crippen LogP contribution in [0.3, 0.4) is 0 Å². The highest BCUT2D eigenvalue weighted by molar-refractivity contribution is 5.70. The summed E-state index contributed by atoms with van der Waals surface area (Å²) in [5.41, 5.74) is -2.75. The SMILES string of the molecule is CCCC(F)=C(F)c1ccc(-c2cc(F)c(CCc3cc(F)c(-c4cc(F)c(F)c(F)c4)c(F)c3)c(F)c2)c(F)c1. The van der Waals surface area contributed by atoms with E-state index in [1.807, 2.05) is 0 Å². The van der Waals surface area contributed by atoms with E-state index in [9.17, 15) is 43.9 Å². The molecule has 0 saturated heterocycles. The first-order chi connectivity index (χ1) is 19.4. The zero-order valence-corrected chi connectivity index (χ0v) is 21.3. The van der Waals surface area contributed by atoms with E-state index in [2.05, 4.69) is 0 Å². The van der Waals surface area contributed by atoms with Crippen molar-refractivity contribution in [2.45, 2.75) is 32.6 Å². The predicted molar refractivity (Wildman–Crippen MR) is 135 cm³/mol. The first-order valence-corrected chi connectivity index (χ1v) is 12.4. The van der Waals surface area contributed by atoms with Crippen molar-refractivity contribution in [3.05, 3.63) is 124 Å². The van der Waals surface area contributed by atoms with Gasteiger partial charge >= 0.3 is 0 Å². The normalized spacial score (nSPS) is 12.1. The Kier molecular flexibility index (Phi) is 8.89. The molecule has 41 heavy (non-hydrogen) atoms. The summed E-state index contributed by atoms with van der Waals surface area (Å²) < 4.78 is 142. The highest BCUT2D eigenvalue weighted by Gasteiger charge is 2.20. The van der Waals surface area contributed by atoms with Gasteiger partial charge in [0.1, 0.15) is 34.9 Å². The summed E-state index contributed by atoms with van der Waals surface area (Å²) in [5.74, 6) is -13.0. The second-order valence-electron chi connectivity index (χ2n) is 9.27. The summed E-state index contributed by atoms with van der Waals surface area (Å²) in [6, 6.07) is 7.01. The Morgan fingerprint density at radius 3 is 1.68 bits per heavy atom. The zero-order chi connectivity index (χ0) is 30.0. The monoisotopic (exact) mass is 582 g/mol. The van der Waals surface area contributed by atoms with Crippen LogP contribution in [0.4, 0.5) is 43.9 Å². The number of allylic oxidation sites excluding steroid dienone is 1. The summed E-state index contributed by atoms with van der Waals surface area (Å²) in [6.45, 7) is 1.64. The van der Waals surface area contributed by atoms with Gasteiger partial charge in [-0.05, 0) is 78.4 Å². The van der Waals surface area contributed by atoms with E-state index in [4.69, 9.17) is 0 Å². The first-order valence-electron chi connectivity index (χ1n) is 12.4. The lowest BCUT2D eigenvalue weighted by Crippen LogP contribution is -2.02. The molecule has 0 radical (unpaired) electrons. The quantitative estimate of drug-likeness (QED) is 0.143. The largest absolute Gasteiger partial charge is 0.209 e. The van der Waals surface area contributed by atoms with Crippen molar-refractivity contribution in [2.75, 3.05) is 0 Å². The van der Waals surface area contributed by atoms with Crippen LogP contribution in [0.5, 0.6) is 0 Å². The Labute approximate surface area is 228 Å². The average molecular weight is 582 g/mol. The maximum absolute atomic E-state index is 14.9. The molecule has 0 aliphatic heterocycles. The summed E-state index contributed by atoms with van der Waals surface area (Å²) in [6.07, 6.45) is -0.474. The van der Waals surface area contributed by atoms with Crippen LogP contribution in [0.1, 0.15) is 36.5 Å². The molecule has 0 bridgehead atoms. The second-order valence-corrected chi connectivity index (χ2v) is 9.27. The minimum absolute atomic E-state index is 0.0401. The van der Waals surface area contributed by atoms with Gasteiger partial charge in [-0.25, -0.2) is 43.9 Å². The minimum Gasteiger partial charge on any atom is -0.209 e. The van der Waals surface area contributed by atoms with Gasteiger partial charge in [0.25, 0.3) is 0 Å². The van der Waals surface area contributed by atoms with Gasteiger partial charge in [-0.2, -0.15) is 0 Å². The minimum atomic E-state index is -1.80. The molecule has 4 rings (SSSR count). The van der Waals surface area contributed by atoms with Crippen molar-refractivity contribution in [3.63, 3.8) is 0 Å². The van der Waals surface area contributed by atoms with Gasteiger partial charge in [0.05, 0.1) is 5.56 Å². The number of halogens is 10. The van der Waals surface area contributed by atoms with Crippen LogP contribution in [-0.4, -0.2) is 0 Å². The van der Waals surface area contributed by atoms with Crippen molar-refractivity contribution < 1.29 is 43.9 Å². The average Bonchev–Trinajstić information content (AvgIpc) is 2.90. The number of aryl methyl sites for hydroxylation is 1. The van der Waals surface area contributed by atoms with Gasteiger partial charge < -0.3 is 0 Å². The molecule has 0 saturated carbocycles. The van der Waals surface area contributed by atoms with E-state index in [0.717, 1.165) is 36.4 Å². The smallest absolute Gasteiger partial charge is 0.194 e. The predicted octanol–water partition coefficient (Wildman–Crippen LogP) is 10.3. The molecule has 214 valence electrons. The third-order valence-electron chi connectivity index (χ3n) is 6.42.